The van der Waals surface area contributed by atoms with Gasteiger partial charge in [0.25, 0.3) is 5.56 Å². The minimum absolute atomic E-state index is 0.112. The molecule has 0 unspecified atom stereocenters. The molecule has 0 N–H and O–H groups in total. The fraction of sp³-hybridized carbons (Fsp3) is 0.286. The molecule has 10 heteroatoms. The maximum absolute atomic E-state index is 12.8. The molecule has 1 saturated heterocycles. The van der Waals surface area contributed by atoms with Crippen LogP contribution in [0.2, 0.25) is 0 Å². The van der Waals surface area contributed by atoms with Crippen LogP contribution in [0, 0.1) is 0 Å². The summed E-state index contributed by atoms with van der Waals surface area (Å²) in [5.74, 6) is 1.82. The van der Waals surface area contributed by atoms with Crippen molar-refractivity contribution in [1.29, 1.82) is 0 Å². The van der Waals surface area contributed by atoms with E-state index in [1.807, 2.05) is 17.0 Å². The van der Waals surface area contributed by atoms with Crippen molar-refractivity contribution >= 4 is 11.9 Å². The molecule has 2 aromatic heterocycles. The van der Waals surface area contributed by atoms with Crippen LogP contribution in [0.1, 0.15) is 0 Å². The van der Waals surface area contributed by atoms with E-state index in [2.05, 4.69) is 15.1 Å². The van der Waals surface area contributed by atoms with Crippen molar-refractivity contribution in [2.75, 3.05) is 37.9 Å². The fourth-order valence-electron chi connectivity index (χ4n) is 3.61. The van der Waals surface area contributed by atoms with Gasteiger partial charge in [0.15, 0.2) is 11.5 Å². The summed E-state index contributed by atoms with van der Waals surface area (Å²) in [4.78, 5) is 37.4. The molecule has 0 atom stereocenters. The normalized spacial score (nSPS) is 15.2. The van der Waals surface area contributed by atoms with Crippen molar-refractivity contribution in [3.8, 4) is 22.8 Å². The van der Waals surface area contributed by atoms with E-state index in [4.69, 9.17) is 9.47 Å². The van der Waals surface area contributed by atoms with Crippen molar-refractivity contribution in [1.82, 2.24) is 24.6 Å². The average Bonchev–Trinajstić information content (AvgIpc) is 3.29. The van der Waals surface area contributed by atoms with E-state index in [1.165, 1.54) is 10.7 Å². The summed E-state index contributed by atoms with van der Waals surface area (Å²) in [5.41, 5.74) is 1.04. The smallest absolute Gasteiger partial charge is 0.267 e. The van der Waals surface area contributed by atoms with E-state index in [-0.39, 0.29) is 24.8 Å². The van der Waals surface area contributed by atoms with Gasteiger partial charge in [-0.25, -0.2) is 14.6 Å². The quantitative estimate of drug-likeness (QED) is 0.610. The minimum atomic E-state index is -0.325. The number of rotatable bonds is 4. The van der Waals surface area contributed by atoms with Gasteiger partial charge in [-0.05, 0) is 30.3 Å². The van der Waals surface area contributed by atoms with Gasteiger partial charge in [-0.1, -0.05) is 0 Å². The van der Waals surface area contributed by atoms with Crippen molar-refractivity contribution in [2.24, 2.45) is 0 Å². The summed E-state index contributed by atoms with van der Waals surface area (Å²) in [6.45, 7) is 2.41. The summed E-state index contributed by atoms with van der Waals surface area (Å²) in [6.07, 6.45) is 3.40. The molecule has 1 amide bonds. The lowest BCUT2D eigenvalue weighted by atomic mass is 10.1. The lowest BCUT2D eigenvalue weighted by molar-refractivity contribution is -0.132. The van der Waals surface area contributed by atoms with Crippen molar-refractivity contribution in [3.05, 3.63) is 59.1 Å². The van der Waals surface area contributed by atoms with Crippen LogP contribution in [0.5, 0.6) is 11.5 Å². The van der Waals surface area contributed by atoms with Gasteiger partial charge in [-0.15, -0.1) is 0 Å². The topological polar surface area (TPSA) is 103 Å². The molecule has 0 spiro atoms. The lowest BCUT2D eigenvalue weighted by Gasteiger charge is -2.34. The van der Waals surface area contributed by atoms with Gasteiger partial charge in [-0.3, -0.25) is 9.59 Å². The molecule has 2 aliphatic heterocycles. The van der Waals surface area contributed by atoms with Crippen LogP contribution in [0.4, 0.5) is 5.95 Å². The second-order valence-corrected chi connectivity index (χ2v) is 7.20. The number of piperazine rings is 1. The maximum Gasteiger partial charge on any atom is 0.267 e. The van der Waals surface area contributed by atoms with Crippen LogP contribution in [-0.2, 0) is 11.3 Å². The number of ether oxygens (including phenoxy) is 2. The highest BCUT2D eigenvalue weighted by Gasteiger charge is 2.23. The molecule has 4 heterocycles. The molecule has 10 nitrogen and oxygen atoms in total. The van der Waals surface area contributed by atoms with Crippen molar-refractivity contribution in [2.45, 2.75) is 6.54 Å². The molecule has 0 bridgehead atoms. The second-order valence-electron chi connectivity index (χ2n) is 7.20. The molecule has 5 rings (SSSR count). The Morgan fingerprint density at radius 1 is 0.968 bits per heavy atom. The first-order valence-corrected chi connectivity index (χ1v) is 9.95. The summed E-state index contributed by atoms with van der Waals surface area (Å²) in [6, 6.07) is 10.3. The predicted molar refractivity (Wildman–Crippen MR) is 111 cm³/mol. The standard InChI is InChI=1S/C21H20N6O4/c28-19-5-3-16(15-2-4-17-18(12-15)31-14-30-17)24-27(19)13-20(29)25-8-10-26(11-9-25)21-22-6-1-7-23-21/h1-7,12H,8-11,13-14H2. The van der Waals surface area contributed by atoms with Crippen LogP contribution < -0.4 is 19.9 Å². The summed E-state index contributed by atoms with van der Waals surface area (Å²) >= 11 is 0. The molecule has 3 aromatic rings. The molecular formula is C21H20N6O4. The van der Waals surface area contributed by atoms with E-state index < -0.39 is 0 Å². The van der Waals surface area contributed by atoms with E-state index in [0.29, 0.717) is 49.3 Å². The molecule has 0 saturated carbocycles. The zero-order valence-electron chi connectivity index (χ0n) is 16.7. The number of anilines is 1. The molecule has 31 heavy (non-hydrogen) atoms. The number of hydrogen-bond donors (Lipinski definition) is 0. The maximum atomic E-state index is 12.8. The largest absolute Gasteiger partial charge is 0.454 e. The first-order chi connectivity index (χ1) is 15.2. The van der Waals surface area contributed by atoms with Crippen LogP contribution in [0.15, 0.2) is 53.6 Å². The van der Waals surface area contributed by atoms with Crippen LogP contribution in [0.25, 0.3) is 11.3 Å². The highest BCUT2D eigenvalue weighted by molar-refractivity contribution is 5.76. The van der Waals surface area contributed by atoms with Gasteiger partial charge >= 0.3 is 0 Å². The van der Waals surface area contributed by atoms with Crippen molar-refractivity contribution < 1.29 is 14.3 Å². The van der Waals surface area contributed by atoms with Gasteiger partial charge in [0.05, 0.1) is 5.69 Å². The lowest BCUT2D eigenvalue weighted by Crippen LogP contribution is -2.50. The van der Waals surface area contributed by atoms with Gasteiger partial charge < -0.3 is 19.3 Å². The predicted octanol–water partition coefficient (Wildman–Crippen LogP) is 0.778. The molecule has 1 fully saturated rings. The van der Waals surface area contributed by atoms with E-state index in [1.54, 1.807) is 35.5 Å². The van der Waals surface area contributed by atoms with Crippen LogP contribution >= 0.6 is 0 Å². The molecule has 0 radical (unpaired) electrons. The van der Waals surface area contributed by atoms with Crippen molar-refractivity contribution in [3.63, 3.8) is 0 Å². The number of carbonyl (C=O) groups excluding carboxylic acids is 1. The average molecular weight is 420 g/mol. The zero-order valence-corrected chi connectivity index (χ0v) is 16.7. The summed E-state index contributed by atoms with van der Waals surface area (Å²) in [7, 11) is 0. The van der Waals surface area contributed by atoms with E-state index >= 15 is 0 Å². The summed E-state index contributed by atoms with van der Waals surface area (Å²) in [5, 5.41) is 4.40. The number of amides is 1. The van der Waals surface area contributed by atoms with Gasteiger partial charge in [0.2, 0.25) is 18.6 Å². The third kappa shape index (κ3) is 3.91. The fourth-order valence-corrected chi connectivity index (χ4v) is 3.61. The number of carbonyl (C=O) groups is 1. The number of fused-ring (bicyclic) bond motifs is 1. The molecule has 2 aliphatic rings. The van der Waals surface area contributed by atoms with E-state index in [9.17, 15) is 9.59 Å². The van der Waals surface area contributed by atoms with E-state index in [0.717, 1.165) is 5.56 Å². The Hall–Kier alpha value is -3.95. The molecule has 0 aliphatic carbocycles. The third-order valence-electron chi connectivity index (χ3n) is 5.29. The summed E-state index contributed by atoms with van der Waals surface area (Å²) < 4.78 is 11.9. The molecule has 1 aromatic carbocycles. The minimum Gasteiger partial charge on any atom is -0.454 e. The highest BCUT2D eigenvalue weighted by Crippen LogP contribution is 2.35. The van der Waals surface area contributed by atoms with Crippen LogP contribution in [0.3, 0.4) is 0 Å². The highest BCUT2D eigenvalue weighted by atomic mass is 16.7. The Labute approximate surface area is 177 Å². The number of nitrogens with zero attached hydrogens (tertiary/aromatic N) is 6. The zero-order chi connectivity index (χ0) is 21.2. The van der Waals surface area contributed by atoms with Crippen LogP contribution in [-0.4, -0.2) is 63.5 Å². The molecule has 158 valence electrons. The molecular weight excluding hydrogens is 400 g/mol. The second kappa shape index (κ2) is 8.05. The van der Waals surface area contributed by atoms with Gasteiger partial charge in [-0.2, -0.15) is 5.10 Å². The number of hydrogen-bond acceptors (Lipinski definition) is 8. The third-order valence-corrected chi connectivity index (χ3v) is 5.29. The first kappa shape index (κ1) is 19.0. The Balaban J connectivity index is 1.27. The Morgan fingerprint density at radius 3 is 2.55 bits per heavy atom. The Morgan fingerprint density at radius 2 is 1.74 bits per heavy atom. The number of benzene rings is 1. The first-order valence-electron chi connectivity index (χ1n) is 9.95. The Kier molecular flexibility index (Phi) is 4.95. The SMILES string of the molecule is O=C(Cn1nc(-c2ccc3c(c2)OCO3)ccc1=O)N1CCN(c2ncccn2)CC1. The van der Waals surface area contributed by atoms with Gasteiger partial charge in [0.1, 0.15) is 6.54 Å². The monoisotopic (exact) mass is 420 g/mol. The Bertz CT molecular complexity index is 1160. The van der Waals surface area contributed by atoms with Gasteiger partial charge in [0, 0.05) is 50.2 Å². The number of aromatic nitrogens is 4.